The first-order valence-electron chi connectivity index (χ1n) is 37.8. The Morgan fingerprint density at radius 3 is 0.739 bits per heavy atom. The van der Waals surface area contributed by atoms with Gasteiger partial charge in [0.25, 0.3) is 0 Å². The molecule has 17 nitrogen and oxygen atoms in total. The quantitative estimate of drug-likeness (QED) is 0.0222. The van der Waals surface area contributed by atoms with Gasteiger partial charge in [-0.1, -0.05) is 318 Å². The monoisotopic (exact) mass is 1350 g/mol. The number of carbonyl (C=O) groups is 4. The molecule has 0 saturated carbocycles. The van der Waals surface area contributed by atoms with E-state index in [9.17, 15) is 43.2 Å². The second kappa shape index (κ2) is 63.8. The molecule has 0 heterocycles. The molecule has 0 spiro atoms. The van der Waals surface area contributed by atoms with Crippen LogP contribution in [0.3, 0.4) is 0 Å². The van der Waals surface area contributed by atoms with Crippen molar-refractivity contribution in [2.45, 2.75) is 388 Å². The number of hydrogen-bond donors (Lipinski definition) is 3. The first kappa shape index (κ1) is 90.1. The van der Waals surface area contributed by atoms with Crippen molar-refractivity contribution < 1.29 is 80.2 Å². The third kappa shape index (κ3) is 66.7. The van der Waals surface area contributed by atoms with Gasteiger partial charge in [0.15, 0.2) is 12.2 Å². The number of aliphatic hydroxyl groups is 1. The summed E-state index contributed by atoms with van der Waals surface area (Å²) >= 11 is 0. The van der Waals surface area contributed by atoms with Gasteiger partial charge in [-0.2, -0.15) is 0 Å². The molecule has 0 rings (SSSR count). The predicted octanol–water partition coefficient (Wildman–Crippen LogP) is 21.0. The Hall–Kier alpha value is -1.94. The number of phosphoric acid groups is 2. The van der Waals surface area contributed by atoms with Gasteiger partial charge in [0, 0.05) is 25.7 Å². The molecule has 19 heteroatoms. The van der Waals surface area contributed by atoms with Gasteiger partial charge in [0.05, 0.1) is 26.4 Å². The van der Waals surface area contributed by atoms with Crippen LogP contribution in [0.15, 0.2) is 0 Å². The Bertz CT molecular complexity index is 1800. The number of aliphatic hydroxyl groups excluding tert-OH is 1. The number of rotatable bonds is 71. The zero-order valence-corrected chi connectivity index (χ0v) is 61.8. The molecule has 0 bridgehead atoms. The molecule has 0 saturated heterocycles. The van der Waals surface area contributed by atoms with Crippen LogP contribution in [0.2, 0.25) is 0 Å². The lowest BCUT2D eigenvalue weighted by molar-refractivity contribution is -0.161. The highest BCUT2D eigenvalue weighted by Gasteiger charge is 2.30. The molecular weight excluding hydrogens is 1210 g/mol. The Morgan fingerprint density at radius 1 is 0.293 bits per heavy atom. The molecule has 0 amide bonds. The average molecular weight is 1350 g/mol. The van der Waals surface area contributed by atoms with Crippen LogP contribution >= 0.6 is 15.6 Å². The van der Waals surface area contributed by atoms with Gasteiger partial charge >= 0.3 is 39.5 Å². The van der Waals surface area contributed by atoms with Crippen LogP contribution in [0, 0.1) is 17.8 Å². The number of hydrogen-bond acceptors (Lipinski definition) is 15. The first-order chi connectivity index (χ1) is 44.2. The van der Waals surface area contributed by atoms with E-state index >= 15 is 0 Å². The largest absolute Gasteiger partial charge is 0.472 e. The maximum Gasteiger partial charge on any atom is 0.472 e. The molecule has 5 atom stereocenters. The summed E-state index contributed by atoms with van der Waals surface area (Å²) in [6, 6.07) is 0. The summed E-state index contributed by atoms with van der Waals surface area (Å²) < 4.78 is 68.4. The van der Waals surface area contributed by atoms with Gasteiger partial charge in [-0.25, -0.2) is 9.13 Å². The van der Waals surface area contributed by atoms with Crippen LogP contribution in [0.4, 0.5) is 0 Å². The summed E-state index contributed by atoms with van der Waals surface area (Å²) in [4.78, 5) is 72.7. The van der Waals surface area contributed by atoms with Gasteiger partial charge in [-0.15, -0.1) is 0 Å². The summed E-state index contributed by atoms with van der Waals surface area (Å²) in [6.45, 7) is 11.8. The van der Waals surface area contributed by atoms with E-state index in [1.807, 2.05) is 0 Å². The minimum Gasteiger partial charge on any atom is -0.462 e. The molecule has 0 aromatic heterocycles. The Labute approximate surface area is 562 Å². The van der Waals surface area contributed by atoms with E-state index in [0.717, 1.165) is 108 Å². The maximum atomic E-state index is 13.1. The third-order valence-electron chi connectivity index (χ3n) is 16.9. The zero-order chi connectivity index (χ0) is 68.0. The van der Waals surface area contributed by atoms with Gasteiger partial charge in [-0.3, -0.25) is 37.3 Å². The predicted molar refractivity (Wildman–Crippen MR) is 372 cm³/mol. The van der Waals surface area contributed by atoms with Crippen molar-refractivity contribution in [1.29, 1.82) is 0 Å². The van der Waals surface area contributed by atoms with E-state index in [0.29, 0.717) is 31.6 Å². The maximum absolute atomic E-state index is 13.1. The standard InChI is InChI=1S/C73H142O17P2/c1-8-9-10-11-12-13-14-15-16-17-18-21-28-33-42-49-56-72(77)89-68(60-83-70(75)54-47-40-32-27-22-19-20-25-30-37-44-51-64(2)3)62-87-91(79,80)85-58-67(74)59-86-92(81,82)88-63-69(61-84-71(76)55-48-41-36-35-39-46-53-66(6)7)90-73(78)57-50-43-34-29-24-23-26-31-38-45-52-65(4)5/h64-69,74H,8-63H2,1-7H3,(H,79,80)(H,81,82)/t67-,68-,69-/m1/s1. The van der Waals surface area contributed by atoms with Crippen molar-refractivity contribution in [3.8, 4) is 0 Å². The van der Waals surface area contributed by atoms with E-state index in [4.69, 9.17) is 37.0 Å². The van der Waals surface area contributed by atoms with Crippen molar-refractivity contribution in [2.75, 3.05) is 39.6 Å². The van der Waals surface area contributed by atoms with Crippen molar-refractivity contribution in [1.82, 2.24) is 0 Å². The molecule has 0 aliphatic carbocycles. The van der Waals surface area contributed by atoms with Crippen LogP contribution in [-0.2, 0) is 65.4 Å². The van der Waals surface area contributed by atoms with E-state index < -0.39 is 97.5 Å². The van der Waals surface area contributed by atoms with Crippen LogP contribution in [0.25, 0.3) is 0 Å². The molecule has 0 aromatic carbocycles. The first-order valence-corrected chi connectivity index (χ1v) is 40.8. The lowest BCUT2D eigenvalue weighted by Gasteiger charge is -2.21. The number of carbonyl (C=O) groups excluding carboxylic acids is 4. The fourth-order valence-electron chi connectivity index (χ4n) is 11.1. The van der Waals surface area contributed by atoms with Crippen LogP contribution in [0.1, 0.15) is 370 Å². The Morgan fingerprint density at radius 2 is 0.500 bits per heavy atom. The molecular formula is C73H142O17P2. The normalized spacial score (nSPS) is 14.1. The minimum absolute atomic E-state index is 0.105. The van der Waals surface area contributed by atoms with E-state index in [-0.39, 0.29) is 25.7 Å². The van der Waals surface area contributed by atoms with Crippen LogP contribution in [0.5, 0.6) is 0 Å². The average Bonchev–Trinajstić information content (AvgIpc) is 2.13. The molecule has 92 heavy (non-hydrogen) atoms. The van der Waals surface area contributed by atoms with Gasteiger partial charge < -0.3 is 33.8 Å². The Kier molecular flexibility index (Phi) is 62.4. The molecule has 3 N–H and O–H groups in total. The lowest BCUT2D eigenvalue weighted by atomic mass is 10.0. The van der Waals surface area contributed by atoms with Crippen molar-refractivity contribution in [2.24, 2.45) is 17.8 Å². The van der Waals surface area contributed by atoms with Crippen molar-refractivity contribution >= 4 is 39.5 Å². The highest BCUT2D eigenvalue weighted by atomic mass is 31.2. The molecule has 2 unspecified atom stereocenters. The van der Waals surface area contributed by atoms with E-state index in [1.54, 1.807) is 0 Å². The molecule has 0 fully saturated rings. The highest BCUT2D eigenvalue weighted by molar-refractivity contribution is 7.47. The zero-order valence-electron chi connectivity index (χ0n) is 60.0. The summed E-state index contributed by atoms with van der Waals surface area (Å²) in [6.07, 6.45) is 48.7. The molecule has 0 aromatic rings. The second-order valence-electron chi connectivity index (χ2n) is 27.8. The molecule has 0 radical (unpaired) electrons. The van der Waals surface area contributed by atoms with Gasteiger partial charge in [0.2, 0.25) is 0 Å². The molecule has 0 aliphatic rings. The Balaban J connectivity index is 5.25. The van der Waals surface area contributed by atoms with E-state index in [2.05, 4.69) is 48.5 Å². The number of ether oxygens (including phenoxy) is 4. The summed E-state index contributed by atoms with van der Waals surface area (Å²) in [5.74, 6) is 0.0794. The van der Waals surface area contributed by atoms with Gasteiger partial charge in [0.1, 0.15) is 19.3 Å². The second-order valence-corrected chi connectivity index (χ2v) is 30.7. The minimum atomic E-state index is -4.95. The molecule has 546 valence electrons. The number of phosphoric ester groups is 2. The topological polar surface area (TPSA) is 237 Å². The van der Waals surface area contributed by atoms with E-state index in [1.165, 1.54) is 173 Å². The summed E-state index contributed by atoms with van der Waals surface area (Å²) in [7, 11) is -9.91. The highest BCUT2D eigenvalue weighted by Crippen LogP contribution is 2.45. The fraction of sp³-hybridized carbons (Fsp3) is 0.945. The molecule has 0 aliphatic heterocycles. The van der Waals surface area contributed by atoms with Crippen LogP contribution in [-0.4, -0.2) is 96.7 Å². The number of esters is 4. The fourth-order valence-corrected chi connectivity index (χ4v) is 12.7. The van der Waals surface area contributed by atoms with Crippen LogP contribution < -0.4 is 0 Å². The SMILES string of the molecule is CCCCCCCCCCCCCCCCCCC(=O)O[C@H](COC(=O)CCCCCCCCCCCCCC(C)C)COP(=O)(O)OC[C@@H](O)COP(=O)(O)OC[C@@H](COC(=O)CCCCCCCCC(C)C)OC(=O)CCCCCCCCCCCCC(C)C. The lowest BCUT2D eigenvalue weighted by Crippen LogP contribution is -2.30. The smallest absolute Gasteiger partial charge is 0.462 e. The number of unbranched alkanes of at least 4 members (excludes halogenated alkanes) is 39. The van der Waals surface area contributed by atoms with Crippen molar-refractivity contribution in [3.05, 3.63) is 0 Å². The third-order valence-corrected chi connectivity index (χ3v) is 18.8. The van der Waals surface area contributed by atoms with Gasteiger partial charge in [-0.05, 0) is 43.4 Å². The summed E-state index contributed by atoms with van der Waals surface area (Å²) in [5.41, 5.74) is 0. The summed E-state index contributed by atoms with van der Waals surface area (Å²) in [5, 5.41) is 10.6. The van der Waals surface area contributed by atoms with Crippen molar-refractivity contribution in [3.63, 3.8) is 0 Å².